The maximum atomic E-state index is 13.0. The Kier molecular flexibility index (Phi) is 6.37. The van der Waals surface area contributed by atoms with E-state index in [4.69, 9.17) is 0 Å². The van der Waals surface area contributed by atoms with Crippen LogP contribution in [0.5, 0.6) is 0 Å². The Morgan fingerprint density at radius 3 is 2.44 bits per heavy atom. The summed E-state index contributed by atoms with van der Waals surface area (Å²) in [6.07, 6.45) is 3.22. The second-order valence-corrected chi connectivity index (χ2v) is 7.84. The molecule has 2 heterocycles. The molecule has 0 aromatic heterocycles. The molecule has 0 aliphatic carbocycles. The van der Waals surface area contributed by atoms with Crippen molar-refractivity contribution >= 4 is 23.6 Å². The molecule has 6 heteroatoms. The number of benzene rings is 1. The summed E-state index contributed by atoms with van der Waals surface area (Å²) in [6.45, 7) is 5.26. The summed E-state index contributed by atoms with van der Waals surface area (Å²) in [4.78, 5) is 32.3. The lowest BCUT2D eigenvalue weighted by atomic mass is 10.2. The van der Waals surface area contributed by atoms with Gasteiger partial charge in [-0.2, -0.15) is 0 Å². The second kappa shape index (κ2) is 8.72. The lowest BCUT2D eigenvalue weighted by Crippen LogP contribution is -2.34. The van der Waals surface area contributed by atoms with Gasteiger partial charge in [0, 0.05) is 37.6 Å². The number of likely N-dealkylation sites (N-methyl/N-ethyl adjacent to an activating group) is 1. The normalized spacial score (nSPS) is 19.1. The standard InChI is InChI=1S/C19H27N3O2S/c1-20-9-6-12-22(14-13-20)19(24)16-7-2-3-8-17(16)25-15-18(23)21-10-4-5-11-21/h2-3,7-8H,4-6,9-15H2,1H3. The topological polar surface area (TPSA) is 43.9 Å². The molecule has 0 bridgehead atoms. The van der Waals surface area contributed by atoms with Crippen molar-refractivity contribution in [2.75, 3.05) is 52.1 Å². The monoisotopic (exact) mass is 361 g/mol. The molecular weight excluding hydrogens is 334 g/mol. The molecule has 25 heavy (non-hydrogen) atoms. The van der Waals surface area contributed by atoms with Gasteiger partial charge in [-0.3, -0.25) is 9.59 Å². The van der Waals surface area contributed by atoms with Gasteiger partial charge in [-0.05, 0) is 45.0 Å². The number of amides is 2. The summed E-state index contributed by atoms with van der Waals surface area (Å²) in [5.74, 6) is 0.681. The zero-order chi connectivity index (χ0) is 17.6. The van der Waals surface area contributed by atoms with Crippen LogP contribution in [0.1, 0.15) is 29.6 Å². The van der Waals surface area contributed by atoms with Crippen LogP contribution < -0.4 is 0 Å². The van der Waals surface area contributed by atoms with E-state index in [0.29, 0.717) is 5.75 Å². The molecular formula is C19H27N3O2S. The zero-order valence-corrected chi connectivity index (χ0v) is 15.8. The number of carbonyl (C=O) groups excluding carboxylic acids is 2. The molecule has 0 atom stereocenters. The smallest absolute Gasteiger partial charge is 0.255 e. The first-order chi connectivity index (χ1) is 12.1. The molecule has 2 saturated heterocycles. The van der Waals surface area contributed by atoms with Crippen molar-refractivity contribution < 1.29 is 9.59 Å². The van der Waals surface area contributed by atoms with Gasteiger partial charge in [-0.1, -0.05) is 12.1 Å². The highest BCUT2D eigenvalue weighted by Gasteiger charge is 2.22. The van der Waals surface area contributed by atoms with Gasteiger partial charge in [0.25, 0.3) is 5.91 Å². The Bertz CT molecular complexity index is 616. The molecule has 2 fully saturated rings. The van der Waals surface area contributed by atoms with Crippen LogP contribution in [0.15, 0.2) is 29.2 Å². The molecule has 2 aliphatic heterocycles. The van der Waals surface area contributed by atoms with Crippen molar-refractivity contribution in [1.29, 1.82) is 0 Å². The fraction of sp³-hybridized carbons (Fsp3) is 0.579. The minimum absolute atomic E-state index is 0.0898. The van der Waals surface area contributed by atoms with Gasteiger partial charge < -0.3 is 14.7 Å². The highest BCUT2D eigenvalue weighted by Crippen LogP contribution is 2.25. The summed E-state index contributed by atoms with van der Waals surface area (Å²) in [7, 11) is 2.10. The third-order valence-electron chi connectivity index (χ3n) is 4.93. The van der Waals surface area contributed by atoms with Crippen molar-refractivity contribution in [2.45, 2.75) is 24.2 Å². The molecule has 0 N–H and O–H groups in total. The molecule has 0 saturated carbocycles. The minimum Gasteiger partial charge on any atom is -0.342 e. The number of rotatable bonds is 4. The Labute approximate surface area is 154 Å². The largest absolute Gasteiger partial charge is 0.342 e. The molecule has 3 rings (SSSR count). The molecule has 136 valence electrons. The summed E-state index contributed by atoms with van der Waals surface area (Å²) in [5.41, 5.74) is 0.728. The SMILES string of the molecule is CN1CCCN(C(=O)c2ccccc2SCC(=O)N2CCCC2)CC1. The van der Waals surface area contributed by atoms with Crippen molar-refractivity contribution in [3.8, 4) is 0 Å². The van der Waals surface area contributed by atoms with Gasteiger partial charge in [0.2, 0.25) is 5.91 Å². The number of hydrogen-bond donors (Lipinski definition) is 0. The van der Waals surface area contributed by atoms with E-state index in [9.17, 15) is 9.59 Å². The minimum atomic E-state index is 0.0898. The number of carbonyl (C=O) groups is 2. The number of thioether (sulfide) groups is 1. The zero-order valence-electron chi connectivity index (χ0n) is 14.9. The van der Waals surface area contributed by atoms with Gasteiger partial charge in [0.1, 0.15) is 0 Å². The maximum absolute atomic E-state index is 13.0. The third kappa shape index (κ3) is 4.76. The van der Waals surface area contributed by atoms with E-state index in [1.165, 1.54) is 11.8 Å². The van der Waals surface area contributed by atoms with Crippen LogP contribution in [0, 0.1) is 0 Å². The summed E-state index contributed by atoms with van der Waals surface area (Å²) >= 11 is 1.49. The first-order valence-corrected chi connectivity index (χ1v) is 10.1. The van der Waals surface area contributed by atoms with Gasteiger partial charge >= 0.3 is 0 Å². The quantitative estimate of drug-likeness (QED) is 0.771. The van der Waals surface area contributed by atoms with Crippen LogP contribution in [-0.2, 0) is 4.79 Å². The predicted octanol–water partition coefficient (Wildman–Crippen LogP) is 2.18. The van der Waals surface area contributed by atoms with E-state index < -0.39 is 0 Å². The van der Waals surface area contributed by atoms with Crippen LogP contribution >= 0.6 is 11.8 Å². The highest BCUT2D eigenvalue weighted by molar-refractivity contribution is 8.00. The average Bonchev–Trinajstić information content (AvgIpc) is 3.08. The van der Waals surface area contributed by atoms with Crippen molar-refractivity contribution in [1.82, 2.24) is 14.7 Å². The van der Waals surface area contributed by atoms with Crippen molar-refractivity contribution in [2.24, 2.45) is 0 Å². The highest BCUT2D eigenvalue weighted by atomic mass is 32.2. The molecule has 1 aromatic carbocycles. The van der Waals surface area contributed by atoms with Crippen molar-refractivity contribution in [3.63, 3.8) is 0 Å². The number of hydrogen-bond acceptors (Lipinski definition) is 4. The van der Waals surface area contributed by atoms with Gasteiger partial charge in [0.05, 0.1) is 11.3 Å². The lowest BCUT2D eigenvalue weighted by Gasteiger charge is -2.22. The Morgan fingerprint density at radius 2 is 1.64 bits per heavy atom. The van der Waals surface area contributed by atoms with E-state index in [-0.39, 0.29) is 11.8 Å². The molecule has 2 aliphatic rings. The van der Waals surface area contributed by atoms with E-state index >= 15 is 0 Å². The Balaban J connectivity index is 1.65. The number of nitrogens with zero attached hydrogens (tertiary/aromatic N) is 3. The summed E-state index contributed by atoms with van der Waals surface area (Å²) < 4.78 is 0. The van der Waals surface area contributed by atoms with E-state index in [0.717, 1.165) is 69.0 Å². The molecule has 0 radical (unpaired) electrons. The fourth-order valence-corrected chi connectivity index (χ4v) is 4.33. The summed E-state index contributed by atoms with van der Waals surface area (Å²) in [6, 6.07) is 7.69. The third-order valence-corrected chi connectivity index (χ3v) is 5.99. The Morgan fingerprint density at radius 1 is 0.920 bits per heavy atom. The van der Waals surface area contributed by atoms with Crippen LogP contribution in [-0.4, -0.2) is 78.6 Å². The molecule has 1 aromatic rings. The van der Waals surface area contributed by atoms with Crippen LogP contribution in [0.25, 0.3) is 0 Å². The lowest BCUT2D eigenvalue weighted by molar-refractivity contribution is -0.127. The fourth-order valence-electron chi connectivity index (χ4n) is 3.39. The van der Waals surface area contributed by atoms with Crippen molar-refractivity contribution in [3.05, 3.63) is 29.8 Å². The predicted molar refractivity (Wildman–Crippen MR) is 101 cm³/mol. The van der Waals surface area contributed by atoms with Crippen LogP contribution in [0.3, 0.4) is 0 Å². The van der Waals surface area contributed by atoms with Gasteiger partial charge in [-0.25, -0.2) is 0 Å². The molecule has 0 spiro atoms. The first kappa shape index (κ1) is 18.3. The van der Waals surface area contributed by atoms with Gasteiger partial charge in [-0.15, -0.1) is 11.8 Å². The Hall–Kier alpha value is -1.53. The average molecular weight is 362 g/mol. The molecule has 5 nitrogen and oxygen atoms in total. The van der Waals surface area contributed by atoms with Gasteiger partial charge in [0.15, 0.2) is 0 Å². The van der Waals surface area contributed by atoms with Crippen LogP contribution in [0.2, 0.25) is 0 Å². The first-order valence-electron chi connectivity index (χ1n) is 9.12. The van der Waals surface area contributed by atoms with E-state index in [1.54, 1.807) is 0 Å². The maximum Gasteiger partial charge on any atom is 0.255 e. The molecule has 2 amide bonds. The van der Waals surface area contributed by atoms with E-state index in [2.05, 4.69) is 11.9 Å². The van der Waals surface area contributed by atoms with Crippen LogP contribution in [0.4, 0.5) is 0 Å². The number of likely N-dealkylation sites (tertiary alicyclic amines) is 1. The summed E-state index contributed by atoms with van der Waals surface area (Å²) in [5, 5.41) is 0. The van der Waals surface area contributed by atoms with E-state index in [1.807, 2.05) is 34.1 Å². The second-order valence-electron chi connectivity index (χ2n) is 6.82. The molecule has 0 unspecified atom stereocenters.